The van der Waals surface area contributed by atoms with E-state index in [0.717, 1.165) is 21.7 Å². The summed E-state index contributed by atoms with van der Waals surface area (Å²) in [5.41, 5.74) is 3.14. The quantitative estimate of drug-likeness (QED) is 0.486. The van der Waals surface area contributed by atoms with Gasteiger partial charge in [0.05, 0.1) is 13.2 Å². The van der Waals surface area contributed by atoms with Crippen LogP contribution in [0.4, 0.5) is 0 Å². The van der Waals surface area contributed by atoms with E-state index >= 15 is 0 Å². The summed E-state index contributed by atoms with van der Waals surface area (Å²) in [5.74, 6) is 0. The number of aromatic nitrogens is 2. The third-order valence-electron chi connectivity index (χ3n) is 5.69. The summed E-state index contributed by atoms with van der Waals surface area (Å²) in [6.45, 7) is 6.09. The minimum Gasteiger partial charge on any atom is -0.379 e. The van der Waals surface area contributed by atoms with Gasteiger partial charge in [0.2, 0.25) is 0 Å². The van der Waals surface area contributed by atoms with Crippen LogP contribution in [-0.2, 0) is 27.6 Å². The summed E-state index contributed by atoms with van der Waals surface area (Å²) in [7, 11) is -3.76. The van der Waals surface area contributed by atoms with Gasteiger partial charge in [-0.2, -0.15) is 0 Å². The van der Waals surface area contributed by atoms with Gasteiger partial charge in [0.1, 0.15) is 4.21 Å². The Hall–Kier alpha value is -2.08. The molecule has 3 aromatic rings. The molecule has 1 aliphatic heterocycles. The zero-order valence-corrected chi connectivity index (χ0v) is 21.6. The Morgan fingerprint density at radius 2 is 2.00 bits per heavy atom. The van der Waals surface area contributed by atoms with Gasteiger partial charge in [-0.05, 0) is 49.6 Å². The highest BCUT2D eigenvalue weighted by atomic mass is 35.5. The van der Waals surface area contributed by atoms with Crippen molar-refractivity contribution >= 4 is 33.8 Å². The van der Waals surface area contributed by atoms with E-state index in [0.29, 0.717) is 51.3 Å². The van der Waals surface area contributed by atoms with Gasteiger partial charge < -0.3 is 9.72 Å². The zero-order valence-electron chi connectivity index (χ0n) is 19.2. The van der Waals surface area contributed by atoms with Gasteiger partial charge in [0.15, 0.2) is 0 Å². The second-order valence-corrected chi connectivity index (χ2v) is 11.0. The molecule has 11 heteroatoms. The topological polar surface area (TPSA) is 95.6 Å². The first kappa shape index (κ1) is 26.5. The third kappa shape index (κ3) is 5.76. The number of ether oxygens (including phenoxy) is 1. The van der Waals surface area contributed by atoms with Gasteiger partial charge in [-0.15, -0.1) is 28.2 Å². The zero-order chi connectivity index (χ0) is 23.4. The normalized spacial score (nSPS) is 14.8. The van der Waals surface area contributed by atoms with Crippen molar-refractivity contribution in [2.24, 2.45) is 0 Å². The van der Waals surface area contributed by atoms with Crippen molar-refractivity contribution in [1.82, 2.24) is 19.4 Å². The molecule has 34 heavy (non-hydrogen) atoms. The van der Waals surface area contributed by atoms with Gasteiger partial charge in [0.25, 0.3) is 15.6 Å². The Bertz CT molecular complexity index is 1260. The number of sulfonamides is 1. The summed E-state index contributed by atoms with van der Waals surface area (Å²) in [4.78, 5) is 19.9. The number of halogens is 1. The number of H-pyrrole nitrogens is 1. The van der Waals surface area contributed by atoms with Gasteiger partial charge in [0, 0.05) is 53.7 Å². The van der Waals surface area contributed by atoms with Crippen molar-refractivity contribution in [2.75, 3.05) is 32.8 Å². The van der Waals surface area contributed by atoms with Crippen LogP contribution in [0.2, 0.25) is 0 Å². The number of thiophene rings is 1. The van der Waals surface area contributed by atoms with E-state index in [1.165, 1.54) is 15.8 Å². The maximum Gasteiger partial charge on any atom is 0.265 e. The molecular formula is C23H29ClN4O4S2. The minimum absolute atomic E-state index is 0. The molecule has 3 aromatic heterocycles. The minimum atomic E-state index is -3.76. The van der Waals surface area contributed by atoms with Crippen LogP contribution in [0.25, 0.3) is 10.4 Å². The molecule has 1 fully saturated rings. The van der Waals surface area contributed by atoms with Crippen molar-refractivity contribution in [3.8, 4) is 10.4 Å². The molecule has 0 saturated carbocycles. The number of pyridine rings is 2. The Morgan fingerprint density at radius 3 is 2.68 bits per heavy atom. The lowest BCUT2D eigenvalue weighted by Crippen LogP contribution is -2.51. The number of rotatable bonds is 8. The van der Waals surface area contributed by atoms with Crippen molar-refractivity contribution in [1.29, 1.82) is 0 Å². The first-order chi connectivity index (χ1) is 15.9. The molecule has 0 aliphatic carbocycles. The van der Waals surface area contributed by atoms with E-state index in [2.05, 4.69) is 9.97 Å². The summed E-state index contributed by atoms with van der Waals surface area (Å²) in [6, 6.07) is 9.13. The van der Waals surface area contributed by atoms with Gasteiger partial charge >= 0.3 is 0 Å². The van der Waals surface area contributed by atoms with Crippen LogP contribution in [0.15, 0.2) is 51.7 Å². The number of nitrogens with one attached hydrogen (secondary N) is 1. The van der Waals surface area contributed by atoms with Gasteiger partial charge in [-0.3, -0.25) is 9.78 Å². The number of morpholine rings is 1. The number of hydrogen-bond acceptors (Lipinski definition) is 7. The van der Waals surface area contributed by atoms with Crippen molar-refractivity contribution < 1.29 is 13.2 Å². The monoisotopic (exact) mass is 524 g/mol. The van der Waals surface area contributed by atoms with Gasteiger partial charge in [-0.25, -0.2) is 13.4 Å². The molecule has 1 aliphatic rings. The Labute approximate surface area is 210 Å². The molecule has 184 valence electrons. The fourth-order valence-electron chi connectivity index (χ4n) is 3.85. The molecule has 4 rings (SSSR count). The SMILES string of the molecule is CCc1cc(-c2ccc(S(=O)(=O)N(CCc3cccnc3)N3CCOCC3)s2)c(C)[nH]c1=O.Cl. The van der Waals surface area contributed by atoms with Crippen LogP contribution in [0.5, 0.6) is 0 Å². The highest BCUT2D eigenvalue weighted by molar-refractivity contribution is 7.91. The Morgan fingerprint density at radius 1 is 1.24 bits per heavy atom. The average Bonchev–Trinajstić information content (AvgIpc) is 3.32. The van der Waals surface area contributed by atoms with E-state index < -0.39 is 10.0 Å². The fraction of sp³-hybridized carbons (Fsp3) is 0.391. The first-order valence-electron chi connectivity index (χ1n) is 11.0. The lowest BCUT2D eigenvalue weighted by Gasteiger charge is -2.36. The maximum absolute atomic E-state index is 13.7. The molecule has 0 bridgehead atoms. The molecule has 8 nitrogen and oxygen atoms in total. The predicted molar refractivity (Wildman–Crippen MR) is 136 cm³/mol. The predicted octanol–water partition coefficient (Wildman–Crippen LogP) is 3.27. The maximum atomic E-state index is 13.7. The lowest BCUT2D eigenvalue weighted by molar-refractivity contribution is -0.0413. The summed E-state index contributed by atoms with van der Waals surface area (Å²) < 4.78 is 34.7. The largest absolute Gasteiger partial charge is 0.379 e. The molecule has 0 aromatic carbocycles. The number of aryl methyl sites for hydroxylation is 2. The molecule has 1 saturated heterocycles. The van der Waals surface area contributed by atoms with E-state index in [9.17, 15) is 13.2 Å². The van der Waals surface area contributed by atoms with Crippen molar-refractivity contribution in [3.63, 3.8) is 0 Å². The highest BCUT2D eigenvalue weighted by Crippen LogP contribution is 2.34. The molecule has 0 radical (unpaired) electrons. The van der Waals surface area contributed by atoms with Crippen LogP contribution < -0.4 is 5.56 Å². The third-order valence-corrected chi connectivity index (χ3v) is 9.10. The van der Waals surface area contributed by atoms with Crippen molar-refractivity contribution in [3.05, 3.63) is 69.9 Å². The van der Waals surface area contributed by atoms with E-state index in [1.54, 1.807) is 18.5 Å². The van der Waals surface area contributed by atoms with E-state index in [-0.39, 0.29) is 22.2 Å². The Kier molecular flexibility index (Phi) is 9.02. The molecule has 0 spiro atoms. The standard InChI is InChI=1S/C23H28N4O4S2.ClH/c1-3-19-15-20(17(2)25-23(19)28)21-6-7-22(32-21)33(29,30)27(26-11-13-31-14-12-26)10-8-18-5-4-9-24-16-18;/h4-7,9,15-16H,3,8,10-14H2,1-2H3,(H,25,28);1H. The number of hydrazine groups is 1. The summed E-state index contributed by atoms with van der Waals surface area (Å²) in [5, 5.41) is 1.86. The molecule has 0 atom stereocenters. The molecule has 4 heterocycles. The van der Waals surface area contributed by atoms with Crippen LogP contribution in [0.1, 0.15) is 23.7 Å². The number of hydrogen-bond donors (Lipinski definition) is 1. The van der Waals surface area contributed by atoms with E-state index in [4.69, 9.17) is 4.74 Å². The molecular weight excluding hydrogens is 496 g/mol. The van der Waals surface area contributed by atoms with Gasteiger partial charge in [-0.1, -0.05) is 13.0 Å². The molecule has 0 unspecified atom stereocenters. The highest BCUT2D eigenvalue weighted by Gasteiger charge is 2.32. The molecule has 1 N–H and O–H groups in total. The van der Waals surface area contributed by atoms with Crippen LogP contribution in [0.3, 0.4) is 0 Å². The second-order valence-electron chi connectivity index (χ2n) is 7.86. The lowest BCUT2D eigenvalue weighted by atomic mass is 10.1. The fourth-order valence-corrected chi connectivity index (χ4v) is 6.86. The first-order valence-corrected chi connectivity index (χ1v) is 13.2. The summed E-state index contributed by atoms with van der Waals surface area (Å²) in [6.07, 6.45) is 4.63. The van der Waals surface area contributed by atoms with Crippen LogP contribution >= 0.6 is 23.7 Å². The molecule has 0 amide bonds. The van der Waals surface area contributed by atoms with Crippen LogP contribution in [0, 0.1) is 6.92 Å². The summed E-state index contributed by atoms with van der Waals surface area (Å²) >= 11 is 1.22. The Balaban J connectivity index is 0.00000324. The number of nitrogens with zero attached hydrogens (tertiary/aromatic N) is 3. The average molecular weight is 525 g/mol. The van der Waals surface area contributed by atoms with Crippen molar-refractivity contribution in [2.45, 2.75) is 30.9 Å². The second kappa shape index (κ2) is 11.6. The smallest absolute Gasteiger partial charge is 0.265 e. The number of aromatic amines is 1. The van der Waals surface area contributed by atoms with Crippen LogP contribution in [-0.4, -0.2) is 60.7 Å². The van der Waals surface area contributed by atoms with E-state index in [1.807, 2.05) is 43.1 Å².